The topological polar surface area (TPSA) is 75.6 Å². The molecule has 5 nitrogen and oxygen atoms in total. The minimum Gasteiger partial charge on any atom is -0.479 e. The first-order chi connectivity index (χ1) is 8.38. The maximum absolute atomic E-state index is 11.9. The number of carbonyl (C=O) groups is 2. The fourth-order valence-electron chi connectivity index (χ4n) is 3.00. The van der Waals surface area contributed by atoms with Gasteiger partial charge in [-0.1, -0.05) is 20.8 Å². The van der Waals surface area contributed by atoms with E-state index >= 15 is 0 Å². The van der Waals surface area contributed by atoms with E-state index in [9.17, 15) is 14.7 Å². The summed E-state index contributed by atoms with van der Waals surface area (Å²) in [5, 5.41) is 12.1. The van der Waals surface area contributed by atoms with Gasteiger partial charge in [0.25, 0.3) is 0 Å². The molecule has 1 aliphatic carbocycles. The van der Waals surface area contributed by atoms with Crippen LogP contribution >= 0.6 is 0 Å². The Labute approximate surface area is 114 Å². The second-order valence-electron chi connectivity index (χ2n) is 7.35. The fourth-order valence-corrected chi connectivity index (χ4v) is 3.00. The second-order valence-corrected chi connectivity index (χ2v) is 7.35. The van der Waals surface area contributed by atoms with E-state index in [-0.39, 0.29) is 11.3 Å². The molecule has 0 spiro atoms. The maximum atomic E-state index is 11.9. The van der Waals surface area contributed by atoms with Crippen molar-refractivity contribution in [3.05, 3.63) is 0 Å². The van der Waals surface area contributed by atoms with Crippen molar-refractivity contribution in [2.24, 2.45) is 11.3 Å². The lowest BCUT2D eigenvalue weighted by molar-refractivity contribution is -0.146. The SMILES string of the molecule is C[C@H]1CC(C)(C)C[C@@]1(NC(=O)OC(C)(C)C)C(=O)O. The van der Waals surface area contributed by atoms with Gasteiger partial charge in [-0.2, -0.15) is 0 Å². The van der Waals surface area contributed by atoms with Crippen LogP contribution in [0.5, 0.6) is 0 Å². The molecule has 0 aromatic rings. The number of nitrogens with one attached hydrogen (secondary N) is 1. The highest BCUT2D eigenvalue weighted by Crippen LogP contribution is 2.47. The number of rotatable bonds is 2. The second kappa shape index (κ2) is 4.69. The van der Waals surface area contributed by atoms with Crippen LogP contribution in [-0.4, -0.2) is 28.3 Å². The molecule has 0 bridgehead atoms. The number of hydrogen-bond donors (Lipinski definition) is 2. The lowest BCUT2D eigenvalue weighted by Crippen LogP contribution is -2.57. The van der Waals surface area contributed by atoms with Crippen molar-refractivity contribution >= 4 is 12.1 Å². The van der Waals surface area contributed by atoms with Crippen molar-refractivity contribution in [3.63, 3.8) is 0 Å². The zero-order valence-corrected chi connectivity index (χ0v) is 12.7. The number of alkyl carbamates (subject to hydrolysis) is 1. The molecule has 1 saturated carbocycles. The Morgan fingerprint density at radius 3 is 2.16 bits per heavy atom. The largest absolute Gasteiger partial charge is 0.479 e. The predicted octanol–water partition coefficient (Wildman–Crippen LogP) is 2.79. The normalized spacial score (nSPS) is 29.9. The quantitative estimate of drug-likeness (QED) is 0.809. The summed E-state index contributed by atoms with van der Waals surface area (Å²) in [5.41, 5.74) is -1.97. The van der Waals surface area contributed by atoms with Gasteiger partial charge < -0.3 is 15.2 Å². The average Bonchev–Trinajstić information content (AvgIpc) is 2.33. The Hall–Kier alpha value is -1.26. The van der Waals surface area contributed by atoms with E-state index in [0.717, 1.165) is 6.42 Å². The van der Waals surface area contributed by atoms with E-state index in [4.69, 9.17) is 4.74 Å². The van der Waals surface area contributed by atoms with Crippen molar-refractivity contribution in [1.29, 1.82) is 0 Å². The number of amides is 1. The number of carboxylic acids is 1. The minimum atomic E-state index is -1.23. The minimum absolute atomic E-state index is 0.104. The van der Waals surface area contributed by atoms with Gasteiger partial charge in [0.1, 0.15) is 11.1 Å². The standard InChI is InChI=1S/C14H25NO4/c1-9-7-13(5,6)8-14(9,10(16)17)15-11(18)19-12(2,3)4/h9H,7-8H2,1-6H3,(H,15,18)(H,16,17)/t9-,14-/m0/s1. The van der Waals surface area contributed by atoms with Crippen LogP contribution in [0.3, 0.4) is 0 Å². The van der Waals surface area contributed by atoms with Gasteiger partial charge in [-0.15, -0.1) is 0 Å². The van der Waals surface area contributed by atoms with E-state index in [1.54, 1.807) is 20.8 Å². The third-order valence-corrected chi connectivity index (χ3v) is 3.56. The summed E-state index contributed by atoms with van der Waals surface area (Å²) in [6, 6.07) is 0. The lowest BCUT2D eigenvalue weighted by Gasteiger charge is -2.32. The molecule has 2 N–H and O–H groups in total. The molecule has 0 heterocycles. The molecule has 1 rings (SSSR count). The summed E-state index contributed by atoms with van der Waals surface area (Å²) in [5.74, 6) is -1.12. The van der Waals surface area contributed by atoms with Crippen LogP contribution in [0.25, 0.3) is 0 Å². The summed E-state index contributed by atoms with van der Waals surface area (Å²) < 4.78 is 5.18. The van der Waals surface area contributed by atoms with Gasteiger partial charge in [0.15, 0.2) is 0 Å². The van der Waals surface area contributed by atoms with Crippen molar-refractivity contribution in [3.8, 4) is 0 Å². The highest BCUT2D eigenvalue weighted by molar-refractivity contribution is 5.85. The molecule has 5 heteroatoms. The van der Waals surface area contributed by atoms with Crippen molar-refractivity contribution in [2.75, 3.05) is 0 Å². The first-order valence-electron chi connectivity index (χ1n) is 6.63. The molecule has 0 aromatic carbocycles. The van der Waals surface area contributed by atoms with Crippen LogP contribution in [0.2, 0.25) is 0 Å². The van der Waals surface area contributed by atoms with Crippen molar-refractivity contribution in [2.45, 2.75) is 65.5 Å². The molecule has 0 aliphatic heterocycles. The van der Waals surface area contributed by atoms with Crippen molar-refractivity contribution in [1.82, 2.24) is 5.32 Å². The molecule has 0 radical (unpaired) electrons. The Morgan fingerprint density at radius 2 is 1.84 bits per heavy atom. The van der Waals surface area contributed by atoms with Gasteiger partial charge in [0.05, 0.1) is 0 Å². The van der Waals surface area contributed by atoms with Gasteiger partial charge >= 0.3 is 12.1 Å². The molecular formula is C14H25NO4. The van der Waals surface area contributed by atoms with Crippen LogP contribution in [0.4, 0.5) is 4.79 Å². The first kappa shape index (κ1) is 15.8. The van der Waals surface area contributed by atoms with Crippen LogP contribution in [0.1, 0.15) is 54.4 Å². The summed E-state index contributed by atoms with van der Waals surface area (Å²) in [7, 11) is 0. The molecule has 1 aliphatic rings. The molecule has 2 atom stereocenters. The Kier molecular flexibility index (Phi) is 3.90. The van der Waals surface area contributed by atoms with Gasteiger partial charge in [-0.3, -0.25) is 0 Å². The molecular weight excluding hydrogens is 246 g/mol. The third-order valence-electron chi connectivity index (χ3n) is 3.56. The van der Waals surface area contributed by atoms with Crippen LogP contribution in [0.15, 0.2) is 0 Å². The van der Waals surface area contributed by atoms with E-state index in [1.807, 2.05) is 20.8 Å². The summed E-state index contributed by atoms with van der Waals surface area (Å²) in [4.78, 5) is 23.5. The summed E-state index contributed by atoms with van der Waals surface area (Å²) in [6.07, 6.45) is 0.504. The molecule has 0 saturated heterocycles. The Balaban J connectivity index is 2.91. The van der Waals surface area contributed by atoms with Crippen LogP contribution in [0, 0.1) is 11.3 Å². The number of carbonyl (C=O) groups excluding carboxylic acids is 1. The lowest BCUT2D eigenvalue weighted by atomic mass is 9.86. The Bertz CT molecular complexity index is 383. The number of carboxylic acid groups (broad SMARTS) is 1. The smallest absolute Gasteiger partial charge is 0.408 e. The average molecular weight is 271 g/mol. The molecule has 0 unspecified atom stereocenters. The van der Waals surface area contributed by atoms with Gasteiger partial charge in [0.2, 0.25) is 0 Å². The number of hydrogen-bond acceptors (Lipinski definition) is 3. The highest BCUT2D eigenvalue weighted by atomic mass is 16.6. The highest BCUT2D eigenvalue weighted by Gasteiger charge is 2.55. The van der Waals surface area contributed by atoms with Gasteiger partial charge in [-0.25, -0.2) is 9.59 Å². The maximum Gasteiger partial charge on any atom is 0.408 e. The van der Waals surface area contributed by atoms with E-state index in [0.29, 0.717) is 6.42 Å². The molecule has 1 amide bonds. The fraction of sp³-hybridized carbons (Fsp3) is 0.857. The van der Waals surface area contributed by atoms with Crippen molar-refractivity contribution < 1.29 is 19.4 Å². The molecule has 0 aromatic heterocycles. The first-order valence-corrected chi connectivity index (χ1v) is 6.63. The molecule has 110 valence electrons. The zero-order chi connectivity index (χ0) is 15.1. The van der Waals surface area contributed by atoms with E-state index < -0.39 is 23.2 Å². The van der Waals surface area contributed by atoms with E-state index in [2.05, 4.69) is 5.32 Å². The van der Waals surface area contributed by atoms with Gasteiger partial charge in [0, 0.05) is 0 Å². The summed E-state index contributed by atoms with van der Waals surface area (Å²) in [6.45, 7) is 11.2. The van der Waals surface area contributed by atoms with Crippen LogP contribution in [-0.2, 0) is 9.53 Å². The number of aliphatic carboxylic acids is 1. The monoisotopic (exact) mass is 271 g/mol. The molecule has 1 fully saturated rings. The summed E-state index contributed by atoms with van der Waals surface area (Å²) >= 11 is 0. The predicted molar refractivity (Wildman–Crippen MR) is 71.9 cm³/mol. The zero-order valence-electron chi connectivity index (χ0n) is 12.7. The van der Waals surface area contributed by atoms with Gasteiger partial charge in [-0.05, 0) is 44.9 Å². The Morgan fingerprint density at radius 1 is 1.32 bits per heavy atom. The van der Waals surface area contributed by atoms with Crippen LogP contribution < -0.4 is 5.32 Å². The third kappa shape index (κ3) is 3.61. The molecule has 19 heavy (non-hydrogen) atoms. The van der Waals surface area contributed by atoms with E-state index in [1.165, 1.54) is 0 Å². The number of ether oxygens (including phenoxy) is 1.